The molecule has 1 aliphatic heterocycles. The van der Waals surface area contributed by atoms with Crippen LogP contribution < -0.4 is 5.32 Å². The average molecular weight is 427 g/mol. The highest BCUT2D eigenvalue weighted by Gasteiger charge is 2.43. The summed E-state index contributed by atoms with van der Waals surface area (Å²) in [6, 6.07) is 20.4. The number of aromatic nitrogens is 1. The van der Waals surface area contributed by atoms with Gasteiger partial charge in [-0.25, -0.2) is 4.39 Å². The van der Waals surface area contributed by atoms with Gasteiger partial charge in [-0.15, -0.1) is 0 Å². The summed E-state index contributed by atoms with van der Waals surface area (Å²) in [5.41, 5.74) is 3.65. The number of rotatable bonds is 3. The Kier molecular flexibility index (Phi) is 4.78. The van der Waals surface area contributed by atoms with E-state index >= 15 is 0 Å². The van der Waals surface area contributed by atoms with E-state index in [4.69, 9.17) is 0 Å². The largest absolute Gasteiger partial charge is 0.350 e. The highest BCUT2D eigenvalue weighted by atomic mass is 19.1. The predicted octanol–water partition coefficient (Wildman–Crippen LogP) is 4.87. The zero-order valence-corrected chi connectivity index (χ0v) is 17.7. The van der Waals surface area contributed by atoms with Crippen molar-refractivity contribution in [1.29, 1.82) is 0 Å². The fraction of sp³-hybridized carbons (Fsp3) is 0.154. The van der Waals surface area contributed by atoms with Gasteiger partial charge in [-0.3, -0.25) is 9.59 Å². The average Bonchev–Trinajstić information content (AvgIpc) is 3.14. The van der Waals surface area contributed by atoms with Crippen molar-refractivity contribution in [2.45, 2.75) is 12.0 Å². The zero-order chi connectivity index (χ0) is 22.4. The first kappa shape index (κ1) is 20.0. The first-order chi connectivity index (χ1) is 15.5. The van der Waals surface area contributed by atoms with Gasteiger partial charge in [0.05, 0.1) is 12.0 Å². The monoisotopic (exact) mass is 427 g/mol. The summed E-state index contributed by atoms with van der Waals surface area (Å²) in [5, 5.41) is 3.92. The second kappa shape index (κ2) is 7.64. The third-order valence-corrected chi connectivity index (χ3v) is 6.22. The number of halogens is 1. The van der Waals surface area contributed by atoms with Gasteiger partial charge in [0.15, 0.2) is 0 Å². The van der Waals surface area contributed by atoms with Crippen molar-refractivity contribution in [3.8, 4) is 0 Å². The van der Waals surface area contributed by atoms with E-state index in [1.807, 2.05) is 54.2 Å². The van der Waals surface area contributed by atoms with Crippen molar-refractivity contribution < 1.29 is 14.0 Å². The SMILES string of the molecule is CN1C(=O)c2ccccc2C(C(=O)Nc2ccc(F)cc2)C1c1cn(C)c2ccccc12. The fourth-order valence-corrected chi connectivity index (χ4v) is 4.71. The number of aryl methyl sites for hydroxylation is 1. The van der Waals surface area contributed by atoms with Gasteiger partial charge < -0.3 is 14.8 Å². The van der Waals surface area contributed by atoms with E-state index in [9.17, 15) is 14.0 Å². The van der Waals surface area contributed by atoms with Gasteiger partial charge in [0.25, 0.3) is 5.91 Å². The van der Waals surface area contributed by atoms with E-state index in [0.717, 1.165) is 16.5 Å². The van der Waals surface area contributed by atoms with Crippen molar-refractivity contribution >= 4 is 28.4 Å². The molecule has 2 heterocycles. The van der Waals surface area contributed by atoms with E-state index in [-0.39, 0.29) is 17.6 Å². The van der Waals surface area contributed by atoms with Crippen LogP contribution in [0, 0.1) is 5.82 Å². The fourth-order valence-electron chi connectivity index (χ4n) is 4.71. The Bertz CT molecular complexity index is 1340. The van der Waals surface area contributed by atoms with Gasteiger partial charge >= 0.3 is 0 Å². The van der Waals surface area contributed by atoms with E-state index in [0.29, 0.717) is 16.8 Å². The molecule has 2 unspecified atom stereocenters. The molecular weight excluding hydrogens is 405 g/mol. The minimum absolute atomic E-state index is 0.121. The molecule has 2 atom stereocenters. The van der Waals surface area contributed by atoms with Crippen LogP contribution in [0.1, 0.15) is 33.4 Å². The summed E-state index contributed by atoms with van der Waals surface area (Å²) in [4.78, 5) is 28.5. The molecule has 3 aromatic carbocycles. The molecule has 0 spiro atoms. The van der Waals surface area contributed by atoms with Crippen molar-refractivity contribution in [3.63, 3.8) is 0 Å². The summed E-state index contributed by atoms with van der Waals surface area (Å²) in [5.74, 6) is -1.37. The molecule has 1 aromatic heterocycles. The highest BCUT2D eigenvalue weighted by Crippen LogP contribution is 2.44. The molecule has 0 fully saturated rings. The van der Waals surface area contributed by atoms with Crippen LogP contribution in [0.2, 0.25) is 0 Å². The third kappa shape index (κ3) is 3.15. The number of nitrogens with one attached hydrogen (secondary N) is 1. The maximum absolute atomic E-state index is 13.6. The Balaban J connectivity index is 1.67. The standard InChI is InChI=1S/C26H22FN3O2/c1-29-15-21(18-7-5-6-10-22(18)29)24-23(25(31)28-17-13-11-16(27)12-14-17)19-8-3-4-9-20(19)26(32)30(24)2/h3-15,23-24H,1-2H3,(H,28,31). The van der Waals surface area contributed by atoms with Crippen molar-refractivity contribution in [3.05, 3.63) is 102 Å². The van der Waals surface area contributed by atoms with Crippen molar-refractivity contribution in [2.75, 3.05) is 12.4 Å². The van der Waals surface area contributed by atoms with Gasteiger partial charge in [-0.2, -0.15) is 0 Å². The van der Waals surface area contributed by atoms with E-state index in [1.54, 1.807) is 24.1 Å². The summed E-state index contributed by atoms with van der Waals surface area (Å²) in [7, 11) is 3.70. The smallest absolute Gasteiger partial charge is 0.254 e. The summed E-state index contributed by atoms with van der Waals surface area (Å²) in [6.45, 7) is 0. The Morgan fingerprint density at radius 3 is 2.38 bits per heavy atom. The first-order valence-corrected chi connectivity index (χ1v) is 10.4. The number of hydrogen-bond donors (Lipinski definition) is 1. The van der Waals surface area contributed by atoms with Gasteiger partial charge in [0.2, 0.25) is 5.91 Å². The third-order valence-electron chi connectivity index (χ3n) is 6.22. The number of likely N-dealkylation sites (N-methyl/N-ethyl adjacent to an activating group) is 1. The van der Waals surface area contributed by atoms with Crippen LogP contribution in [-0.2, 0) is 11.8 Å². The molecular formula is C26H22FN3O2. The maximum atomic E-state index is 13.6. The topological polar surface area (TPSA) is 54.3 Å². The molecule has 4 aromatic rings. The molecule has 1 N–H and O–H groups in total. The van der Waals surface area contributed by atoms with Crippen LogP contribution in [0.5, 0.6) is 0 Å². The predicted molar refractivity (Wildman–Crippen MR) is 122 cm³/mol. The number of carbonyl (C=O) groups is 2. The number of hydrogen-bond acceptors (Lipinski definition) is 2. The molecule has 1 aliphatic rings. The lowest BCUT2D eigenvalue weighted by atomic mass is 9.79. The molecule has 0 bridgehead atoms. The highest BCUT2D eigenvalue weighted by molar-refractivity contribution is 6.05. The molecule has 0 saturated heterocycles. The lowest BCUT2D eigenvalue weighted by Gasteiger charge is -2.39. The number of benzene rings is 3. The molecule has 0 aliphatic carbocycles. The number of fused-ring (bicyclic) bond motifs is 2. The van der Waals surface area contributed by atoms with Crippen LogP contribution in [0.3, 0.4) is 0 Å². The van der Waals surface area contributed by atoms with Gasteiger partial charge in [-0.1, -0.05) is 36.4 Å². The lowest BCUT2D eigenvalue weighted by Crippen LogP contribution is -2.44. The number of anilines is 1. The number of para-hydroxylation sites is 1. The van der Waals surface area contributed by atoms with Crippen LogP contribution in [-0.4, -0.2) is 28.3 Å². The van der Waals surface area contributed by atoms with Crippen LogP contribution in [0.15, 0.2) is 79.0 Å². The van der Waals surface area contributed by atoms with Gasteiger partial charge in [0, 0.05) is 48.0 Å². The van der Waals surface area contributed by atoms with E-state index in [1.165, 1.54) is 24.3 Å². The molecule has 5 rings (SSSR count). The first-order valence-electron chi connectivity index (χ1n) is 10.4. The van der Waals surface area contributed by atoms with Crippen LogP contribution >= 0.6 is 0 Å². The van der Waals surface area contributed by atoms with Crippen LogP contribution in [0.4, 0.5) is 10.1 Å². The minimum atomic E-state index is -0.634. The molecule has 0 saturated carbocycles. The Hall–Kier alpha value is -3.93. The molecule has 6 heteroatoms. The minimum Gasteiger partial charge on any atom is -0.350 e. The van der Waals surface area contributed by atoms with Crippen molar-refractivity contribution in [2.24, 2.45) is 7.05 Å². The molecule has 2 amide bonds. The number of nitrogens with zero attached hydrogens (tertiary/aromatic N) is 2. The molecule has 0 radical (unpaired) electrons. The van der Waals surface area contributed by atoms with E-state index in [2.05, 4.69) is 5.32 Å². The Labute approximate surface area is 185 Å². The van der Waals surface area contributed by atoms with E-state index < -0.39 is 12.0 Å². The quantitative estimate of drug-likeness (QED) is 0.507. The lowest BCUT2D eigenvalue weighted by molar-refractivity contribution is -0.119. The second-order valence-corrected chi connectivity index (χ2v) is 8.13. The summed E-state index contributed by atoms with van der Waals surface area (Å²) < 4.78 is 15.4. The summed E-state index contributed by atoms with van der Waals surface area (Å²) >= 11 is 0. The normalized spacial score (nSPS) is 18.0. The number of amides is 2. The van der Waals surface area contributed by atoms with Crippen molar-refractivity contribution in [1.82, 2.24) is 9.47 Å². The Morgan fingerprint density at radius 2 is 1.59 bits per heavy atom. The molecule has 5 nitrogen and oxygen atoms in total. The number of carbonyl (C=O) groups excluding carboxylic acids is 2. The Morgan fingerprint density at radius 1 is 0.906 bits per heavy atom. The molecule has 32 heavy (non-hydrogen) atoms. The van der Waals surface area contributed by atoms with Crippen LogP contribution in [0.25, 0.3) is 10.9 Å². The summed E-state index contributed by atoms with van der Waals surface area (Å²) in [6.07, 6.45) is 1.99. The molecule has 160 valence electrons. The maximum Gasteiger partial charge on any atom is 0.254 e. The zero-order valence-electron chi connectivity index (χ0n) is 17.7. The second-order valence-electron chi connectivity index (χ2n) is 8.13. The van der Waals surface area contributed by atoms with Gasteiger partial charge in [-0.05, 0) is 42.0 Å². The van der Waals surface area contributed by atoms with Gasteiger partial charge in [0.1, 0.15) is 5.82 Å².